The van der Waals surface area contributed by atoms with Crippen LogP contribution in [-0.2, 0) is 19.7 Å². The second kappa shape index (κ2) is 8.46. The number of hydrogen-bond acceptors (Lipinski definition) is 10. The summed E-state index contributed by atoms with van der Waals surface area (Å²) in [4.78, 5) is 24.4. The first-order valence-electron chi connectivity index (χ1n) is 11.2. The minimum Gasteiger partial charge on any atom is -0.381 e. The Morgan fingerprint density at radius 1 is 1.29 bits per heavy atom. The van der Waals surface area contributed by atoms with Crippen LogP contribution in [0.1, 0.15) is 31.2 Å². The van der Waals surface area contributed by atoms with Crippen molar-refractivity contribution in [1.29, 1.82) is 5.26 Å². The number of nitrogens with zero attached hydrogens (tertiary/aromatic N) is 7. The highest BCUT2D eigenvalue weighted by Crippen LogP contribution is 2.64. The molecule has 16 heteroatoms. The highest BCUT2D eigenvalue weighted by Gasteiger charge is 2.68. The van der Waals surface area contributed by atoms with Gasteiger partial charge in [0.2, 0.25) is 0 Å². The molecule has 3 aliphatic carbocycles. The molecule has 38 heavy (non-hydrogen) atoms. The molecule has 0 atom stereocenters. The van der Waals surface area contributed by atoms with Crippen molar-refractivity contribution in [3.8, 4) is 23.1 Å². The van der Waals surface area contributed by atoms with Crippen LogP contribution >= 0.6 is 0 Å². The first-order valence-corrected chi connectivity index (χ1v) is 12.6. The topological polar surface area (TPSA) is 170 Å². The predicted molar refractivity (Wildman–Crippen MR) is 122 cm³/mol. The average Bonchev–Trinajstić information content (AvgIpc) is 3.58. The third-order valence-corrected chi connectivity index (χ3v) is 8.60. The van der Waals surface area contributed by atoms with E-state index in [0.29, 0.717) is 5.56 Å². The normalized spacial score (nSPS) is 22.6. The van der Waals surface area contributed by atoms with Crippen LogP contribution in [0.5, 0.6) is 0 Å². The Morgan fingerprint density at radius 2 is 2.03 bits per heavy atom. The van der Waals surface area contributed by atoms with E-state index in [1.54, 1.807) is 6.92 Å². The molecule has 3 saturated carbocycles. The summed E-state index contributed by atoms with van der Waals surface area (Å²) in [7, 11) is -4.82. The third-order valence-electron chi connectivity index (χ3n) is 6.85. The molecule has 3 aliphatic rings. The number of hydrogen-bond donors (Lipinski definition) is 1. The predicted octanol–water partition coefficient (Wildman–Crippen LogP) is 2.46. The zero-order valence-electron chi connectivity index (χ0n) is 19.7. The molecule has 1 aromatic carbocycles. The Labute approximate surface area is 213 Å². The molecule has 0 saturated heterocycles. The summed E-state index contributed by atoms with van der Waals surface area (Å²) >= 11 is 0. The summed E-state index contributed by atoms with van der Waals surface area (Å²) in [5.41, 5.74) is 4.63. The fourth-order valence-electron chi connectivity index (χ4n) is 5.06. The molecule has 3 fully saturated rings. The van der Waals surface area contributed by atoms with E-state index in [2.05, 4.69) is 31.2 Å². The van der Waals surface area contributed by atoms with Gasteiger partial charge in [-0.05, 0) is 54.8 Å². The van der Waals surface area contributed by atoms with E-state index < -0.39 is 38.0 Å². The quantitative estimate of drug-likeness (QED) is 0.451. The summed E-state index contributed by atoms with van der Waals surface area (Å²) in [6, 6.07) is 5.92. The molecule has 0 spiro atoms. The number of sulfonamides is 1. The van der Waals surface area contributed by atoms with Crippen molar-refractivity contribution in [2.24, 2.45) is 5.41 Å². The van der Waals surface area contributed by atoms with Crippen LogP contribution < -0.4 is 5.73 Å². The number of anilines is 1. The van der Waals surface area contributed by atoms with Crippen molar-refractivity contribution in [2.75, 3.05) is 5.73 Å². The van der Waals surface area contributed by atoms with Crippen LogP contribution in [0.4, 0.5) is 19.0 Å². The molecule has 2 bridgehead atoms. The van der Waals surface area contributed by atoms with Crippen molar-refractivity contribution in [2.45, 2.75) is 49.2 Å². The number of carbonyl (C=O) groups is 1. The van der Waals surface area contributed by atoms with Crippen LogP contribution in [0, 0.1) is 23.7 Å². The first-order chi connectivity index (χ1) is 17.8. The van der Waals surface area contributed by atoms with Crippen LogP contribution in [0.15, 0.2) is 41.7 Å². The summed E-state index contributed by atoms with van der Waals surface area (Å²) < 4.78 is 68.2. The number of aryl methyl sites for hydroxylation is 1. The van der Waals surface area contributed by atoms with Gasteiger partial charge in [-0.1, -0.05) is 11.3 Å². The largest absolute Gasteiger partial charge is 0.492 e. The van der Waals surface area contributed by atoms with Crippen LogP contribution in [0.3, 0.4) is 0 Å². The van der Waals surface area contributed by atoms with Gasteiger partial charge < -0.3 is 10.6 Å². The molecule has 2 N–H and O–H groups in total. The number of fused-ring (bicyclic) bond motifs is 1. The zero-order chi connectivity index (χ0) is 27.5. The summed E-state index contributed by atoms with van der Waals surface area (Å²) in [5.74, 6) is -2.52. The number of nitriles is 1. The fourth-order valence-corrected chi connectivity index (χ4v) is 6.65. The lowest BCUT2D eigenvalue weighted by atomic mass is 9.66. The number of alkyl halides is 3. The number of nitrogen functional groups attached to an aromatic ring is 1. The monoisotopic (exact) mass is 548 g/mol. The van der Waals surface area contributed by atoms with E-state index in [-0.39, 0.29) is 53.0 Å². The summed E-state index contributed by atoms with van der Waals surface area (Å²) in [6.07, 6.45) is -1.03. The Hall–Kier alpha value is -4.10. The lowest BCUT2D eigenvalue weighted by molar-refractivity contribution is -0.241. The molecule has 0 radical (unpaired) electrons. The van der Waals surface area contributed by atoms with Crippen molar-refractivity contribution in [3.05, 3.63) is 42.4 Å². The summed E-state index contributed by atoms with van der Waals surface area (Å²) in [6.45, 7) is 1.67. The number of nitrogens with two attached hydrogens (primary N) is 1. The van der Waals surface area contributed by atoms with Crippen LogP contribution in [-0.4, -0.2) is 55.5 Å². The maximum atomic E-state index is 13.7. The average molecular weight is 549 g/mol. The number of carbonyl (C=O) groups excluding carboxylic acids is 1. The zero-order valence-corrected chi connectivity index (χ0v) is 20.5. The van der Waals surface area contributed by atoms with Crippen molar-refractivity contribution < 1.29 is 31.2 Å². The van der Waals surface area contributed by atoms with Crippen LogP contribution in [0.2, 0.25) is 0 Å². The maximum absolute atomic E-state index is 13.7. The van der Waals surface area contributed by atoms with Gasteiger partial charge in [-0.15, -0.1) is 5.10 Å². The van der Waals surface area contributed by atoms with Gasteiger partial charge in [-0.2, -0.15) is 23.1 Å². The Bertz CT molecular complexity index is 1580. The molecule has 2 aromatic heterocycles. The molecule has 0 unspecified atom stereocenters. The van der Waals surface area contributed by atoms with Gasteiger partial charge in [0.15, 0.2) is 11.6 Å². The van der Waals surface area contributed by atoms with E-state index in [1.807, 2.05) is 0 Å². The third kappa shape index (κ3) is 4.03. The molecule has 6 rings (SSSR count). The van der Waals surface area contributed by atoms with E-state index in [9.17, 15) is 31.6 Å². The SMILES string of the molecule is Cc1ccc(S(=O)(=O)N(OC(=O)C(F)(F)F)C23CCC(C#N)(C2)C3)cc1-c1cnc(N)c(-n2ccnn2)n1. The molecular weight excluding hydrogens is 529 g/mol. The lowest BCUT2D eigenvalue weighted by Gasteiger charge is -2.47. The van der Waals surface area contributed by atoms with Gasteiger partial charge in [0.1, 0.15) is 0 Å². The van der Waals surface area contributed by atoms with Crippen molar-refractivity contribution in [3.63, 3.8) is 0 Å². The van der Waals surface area contributed by atoms with E-state index in [0.717, 1.165) is 0 Å². The van der Waals surface area contributed by atoms with Gasteiger partial charge in [0, 0.05) is 5.56 Å². The number of aromatic nitrogens is 5. The number of halogens is 3. The smallest absolute Gasteiger partial charge is 0.381 e. The Morgan fingerprint density at radius 3 is 2.63 bits per heavy atom. The highest BCUT2D eigenvalue weighted by molar-refractivity contribution is 7.89. The van der Waals surface area contributed by atoms with Crippen molar-refractivity contribution >= 4 is 21.8 Å². The fraction of sp³-hybridized carbons (Fsp3) is 0.364. The minimum absolute atomic E-state index is 0.0252. The number of hydroxylamine groups is 1. The Balaban J connectivity index is 1.58. The molecule has 2 heterocycles. The van der Waals surface area contributed by atoms with Gasteiger partial charge in [-0.25, -0.2) is 23.2 Å². The van der Waals surface area contributed by atoms with E-state index >= 15 is 0 Å². The first kappa shape index (κ1) is 25.5. The minimum atomic E-state index is -5.44. The van der Waals surface area contributed by atoms with E-state index in [4.69, 9.17) is 5.73 Å². The highest BCUT2D eigenvalue weighted by atomic mass is 32.2. The molecule has 12 nitrogen and oxygen atoms in total. The molecule has 3 aromatic rings. The van der Waals surface area contributed by atoms with Gasteiger partial charge in [-0.3, -0.25) is 0 Å². The molecule has 0 amide bonds. The van der Waals surface area contributed by atoms with Gasteiger partial charge in [0.25, 0.3) is 10.0 Å². The summed E-state index contributed by atoms with van der Waals surface area (Å²) in [5, 5.41) is 17.0. The van der Waals surface area contributed by atoms with Gasteiger partial charge in [0.05, 0.1) is 46.2 Å². The molecule has 198 valence electrons. The second-order valence-corrected chi connectivity index (χ2v) is 11.1. The standard InChI is InChI=1S/C22H19F3N8O4S/c1-13-2-3-14(8-15(13)16-9-28-17(27)18(30-16)32-7-6-29-31-32)38(35,36)33(37-19(34)22(23,24)25)21-5-4-20(10-21,11-21)12-26/h2-3,6-9H,4-5,10-11H2,1H3,(H2,27,28). The van der Waals surface area contributed by atoms with Gasteiger partial charge >= 0.3 is 12.1 Å². The Kier molecular flexibility index (Phi) is 5.69. The molecular formula is C22H19F3N8O4S. The van der Waals surface area contributed by atoms with Crippen LogP contribution in [0.25, 0.3) is 17.1 Å². The number of benzene rings is 1. The van der Waals surface area contributed by atoms with E-state index in [1.165, 1.54) is 41.5 Å². The second-order valence-electron chi connectivity index (χ2n) is 9.37. The molecule has 0 aliphatic heterocycles. The van der Waals surface area contributed by atoms with Crippen molar-refractivity contribution in [1.82, 2.24) is 29.4 Å². The number of rotatable bonds is 6. The maximum Gasteiger partial charge on any atom is 0.492 e. The lowest BCUT2D eigenvalue weighted by Crippen LogP contribution is -2.58.